The molecule has 3 N–H and O–H groups in total. The van der Waals surface area contributed by atoms with E-state index in [4.69, 9.17) is 21.8 Å². The minimum atomic E-state index is -0.481. The summed E-state index contributed by atoms with van der Waals surface area (Å²) in [7, 11) is 0. The molecule has 2 heterocycles. The van der Waals surface area contributed by atoms with Crippen molar-refractivity contribution < 1.29 is 9.21 Å². The first-order valence-corrected chi connectivity index (χ1v) is 9.77. The van der Waals surface area contributed by atoms with Crippen LogP contribution in [0.25, 0.3) is 5.82 Å². The number of nitrogens with zero attached hydrogens (tertiary/aromatic N) is 2. The average Bonchev–Trinajstić information content (AvgIpc) is 3.40. The van der Waals surface area contributed by atoms with E-state index in [1.54, 1.807) is 12.3 Å². The monoisotopic (exact) mass is 406 g/mol. The number of furan rings is 1. The highest BCUT2D eigenvalue weighted by Crippen LogP contribution is 2.49. The second-order valence-corrected chi connectivity index (χ2v) is 7.78. The van der Waals surface area contributed by atoms with Crippen LogP contribution in [0.2, 0.25) is 5.02 Å². The van der Waals surface area contributed by atoms with Crippen molar-refractivity contribution >= 4 is 34.7 Å². The Morgan fingerprint density at radius 1 is 1.17 bits per heavy atom. The molecule has 146 valence electrons. The van der Waals surface area contributed by atoms with Gasteiger partial charge >= 0.3 is 0 Å². The van der Waals surface area contributed by atoms with E-state index in [0.717, 1.165) is 35.0 Å². The molecule has 3 aromatic rings. The summed E-state index contributed by atoms with van der Waals surface area (Å²) < 4.78 is 5.31. The standard InChI is InChI=1S/C22H19ClN4O2/c23-15-3-1-2-14(12-15)22(9-10-22)21(28)26-16-4-6-17(7-5-16)27-13-25-20-18(19(27)24)8-11-29-20/h1-8,11-12H,9-10,13,24H2,(H,26,28). The van der Waals surface area contributed by atoms with E-state index < -0.39 is 5.41 Å². The van der Waals surface area contributed by atoms with E-state index in [1.807, 2.05) is 53.4 Å². The van der Waals surface area contributed by atoms with Gasteiger partial charge in [0.2, 0.25) is 11.5 Å². The molecule has 2 aromatic carbocycles. The molecule has 5 rings (SSSR count). The van der Waals surface area contributed by atoms with Crippen LogP contribution in [0.3, 0.4) is 0 Å². The quantitative estimate of drug-likeness (QED) is 0.697. The molecule has 1 aliphatic heterocycles. The summed E-state index contributed by atoms with van der Waals surface area (Å²) in [6, 6.07) is 16.9. The summed E-state index contributed by atoms with van der Waals surface area (Å²) in [5.74, 6) is 0.591. The Morgan fingerprint density at radius 2 is 1.97 bits per heavy atom. The molecule has 2 aliphatic rings. The second-order valence-electron chi connectivity index (χ2n) is 7.35. The minimum absolute atomic E-state index is 0.00500. The third-order valence-corrected chi connectivity index (χ3v) is 5.80. The van der Waals surface area contributed by atoms with Crippen LogP contribution in [0.1, 0.15) is 18.4 Å². The lowest BCUT2D eigenvalue weighted by Crippen LogP contribution is -2.42. The molecule has 6 nitrogen and oxygen atoms in total. The first kappa shape index (κ1) is 17.8. The Kier molecular flexibility index (Phi) is 4.10. The van der Waals surface area contributed by atoms with Crippen molar-refractivity contribution in [2.75, 3.05) is 16.9 Å². The lowest BCUT2D eigenvalue weighted by atomic mass is 9.95. The normalized spacial score (nSPS) is 16.7. The van der Waals surface area contributed by atoms with Crippen LogP contribution in [-0.2, 0) is 10.2 Å². The maximum absolute atomic E-state index is 12.9. The second kappa shape index (κ2) is 6.67. The number of rotatable bonds is 4. The fraction of sp³-hybridized carbons (Fsp3) is 0.182. The van der Waals surface area contributed by atoms with E-state index in [1.165, 1.54) is 0 Å². The Bertz CT molecular complexity index is 1210. The smallest absolute Gasteiger partial charge is 0.235 e. The van der Waals surface area contributed by atoms with Gasteiger partial charge in [0.1, 0.15) is 12.5 Å². The van der Waals surface area contributed by atoms with Crippen molar-refractivity contribution in [1.29, 1.82) is 0 Å². The molecule has 7 heteroatoms. The van der Waals surface area contributed by atoms with E-state index in [-0.39, 0.29) is 5.91 Å². The Hall–Kier alpha value is -3.25. The molecule has 0 spiro atoms. The van der Waals surface area contributed by atoms with Gasteiger partial charge in [-0.05, 0) is 60.9 Å². The van der Waals surface area contributed by atoms with Crippen molar-refractivity contribution in [3.8, 4) is 0 Å². The summed E-state index contributed by atoms with van der Waals surface area (Å²) in [6.07, 6.45) is 3.23. The minimum Gasteiger partial charge on any atom is -0.446 e. The fourth-order valence-electron chi connectivity index (χ4n) is 3.73. The maximum atomic E-state index is 12.9. The molecule has 1 aromatic heterocycles. The molecule has 0 saturated heterocycles. The average molecular weight is 407 g/mol. The lowest BCUT2D eigenvalue weighted by Gasteiger charge is -2.24. The summed E-state index contributed by atoms with van der Waals surface area (Å²) in [6.45, 7) is 0.385. The Labute approximate surface area is 172 Å². The molecule has 1 amide bonds. The summed E-state index contributed by atoms with van der Waals surface area (Å²) in [5, 5.41) is 4.47. The van der Waals surface area contributed by atoms with Gasteiger partial charge < -0.3 is 20.4 Å². The zero-order valence-electron chi connectivity index (χ0n) is 15.6. The zero-order valence-corrected chi connectivity index (χ0v) is 16.3. The Balaban J connectivity index is 1.34. The zero-order chi connectivity index (χ0) is 20.0. The highest BCUT2D eigenvalue weighted by atomic mass is 35.5. The molecule has 0 bridgehead atoms. The largest absolute Gasteiger partial charge is 0.446 e. The molecule has 29 heavy (non-hydrogen) atoms. The number of hydrogen-bond donors (Lipinski definition) is 2. The predicted octanol–water partition coefficient (Wildman–Crippen LogP) is 2.73. The third kappa shape index (κ3) is 3.06. The first-order valence-electron chi connectivity index (χ1n) is 9.40. The summed E-state index contributed by atoms with van der Waals surface area (Å²) in [5.41, 5.74) is 8.94. The van der Waals surface area contributed by atoms with Crippen LogP contribution in [0.5, 0.6) is 0 Å². The molecule has 0 radical (unpaired) electrons. The van der Waals surface area contributed by atoms with Gasteiger partial charge in [0.05, 0.1) is 16.9 Å². The molecule has 0 unspecified atom stereocenters. The van der Waals surface area contributed by atoms with Gasteiger partial charge in [-0.25, -0.2) is 4.99 Å². The SMILES string of the molecule is NC1=c2ccoc2=NCN1c1ccc(NC(=O)C2(c3cccc(Cl)c3)CC2)cc1. The number of nitrogens with two attached hydrogens (primary N) is 1. The number of benzene rings is 2. The van der Waals surface area contributed by atoms with Crippen molar-refractivity contribution in [2.24, 2.45) is 10.7 Å². The van der Waals surface area contributed by atoms with Crippen molar-refractivity contribution in [2.45, 2.75) is 18.3 Å². The van der Waals surface area contributed by atoms with Gasteiger partial charge in [-0.15, -0.1) is 0 Å². The topological polar surface area (TPSA) is 83.9 Å². The number of nitrogens with one attached hydrogen (secondary N) is 1. The fourth-order valence-corrected chi connectivity index (χ4v) is 3.92. The molecular weight excluding hydrogens is 388 g/mol. The van der Waals surface area contributed by atoms with Crippen LogP contribution in [0, 0.1) is 0 Å². The van der Waals surface area contributed by atoms with E-state index in [2.05, 4.69) is 10.3 Å². The predicted molar refractivity (Wildman–Crippen MR) is 112 cm³/mol. The molecule has 1 aliphatic carbocycles. The van der Waals surface area contributed by atoms with Crippen LogP contribution in [0.15, 0.2) is 70.3 Å². The van der Waals surface area contributed by atoms with E-state index >= 15 is 0 Å². The van der Waals surface area contributed by atoms with E-state index in [0.29, 0.717) is 23.1 Å². The molecule has 1 fully saturated rings. The summed E-state index contributed by atoms with van der Waals surface area (Å²) >= 11 is 6.11. The van der Waals surface area contributed by atoms with Crippen LogP contribution < -0.4 is 26.7 Å². The molecule has 1 saturated carbocycles. The molecular formula is C22H19ClN4O2. The van der Waals surface area contributed by atoms with Crippen molar-refractivity contribution in [1.82, 2.24) is 0 Å². The van der Waals surface area contributed by atoms with Gasteiger partial charge in [-0.2, -0.15) is 0 Å². The first-order chi connectivity index (χ1) is 14.1. The number of carbonyl (C=O) groups excluding carboxylic acids is 1. The van der Waals surface area contributed by atoms with Gasteiger partial charge in [0.15, 0.2) is 0 Å². The number of fused-ring (bicyclic) bond motifs is 1. The number of hydrogen-bond acceptors (Lipinski definition) is 5. The van der Waals surface area contributed by atoms with Crippen LogP contribution in [0.4, 0.5) is 11.4 Å². The third-order valence-electron chi connectivity index (χ3n) is 5.57. The van der Waals surface area contributed by atoms with Gasteiger partial charge in [-0.1, -0.05) is 23.7 Å². The van der Waals surface area contributed by atoms with Crippen molar-refractivity contribution in [3.63, 3.8) is 0 Å². The van der Waals surface area contributed by atoms with Crippen LogP contribution >= 0.6 is 11.6 Å². The molecule has 0 atom stereocenters. The van der Waals surface area contributed by atoms with Gasteiger partial charge in [0, 0.05) is 16.4 Å². The number of anilines is 2. The number of amides is 1. The highest BCUT2D eigenvalue weighted by molar-refractivity contribution is 6.30. The number of carbonyl (C=O) groups is 1. The Morgan fingerprint density at radius 3 is 2.69 bits per heavy atom. The summed E-state index contributed by atoms with van der Waals surface area (Å²) in [4.78, 5) is 19.2. The van der Waals surface area contributed by atoms with Gasteiger partial charge in [0.25, 0.3) is 0 Å². The number of halogens is 1. The maximum Gasteiger partial charge on any atom is 0.235 e. The van der Waals surface area contributed by atoms with Crippen LogP contribution in [-0.4, -0.2) is 12.6 Å². The lowest BCUT2D eigenvalue weighted by molar-refractivity contribution is -0.118. The van der Waals surface area contributed by atoms with E-state index in [9.17, 15) is 4.79 Å². The highest BCUT2D eigenvalue weighted by Gasteiger charge is 2.51. The van der Waals surface area contributed by atoms with Crippen molar-refractivity contribution in [3.05, 3.63) is 82.2 Å². The van der Waals surface area contributed by atoms with Gasteiger partial charge in [-0.3, -0.25) is 4.79 Å².